The van der Waals surface area contributed by atoms with Gasteiger partial charge in [0.15, 0.2) is 0 Å². The molecule has 0 radical (unpaired) electrons. The Morgan fingerprint density at radius 3 is 2.47 bits per heavy atom. The molecule has 1 saturated heterocycles. The van der Waals surface area contributed by atoms with Gasteiger partial charge in [-0.15, -0.1) is 0 Å². The van der Waals surface area contributed by atoms with Crippen molar-refractivity contribution in [3.8, 4) is 0 Å². The van der Waals surface area contributed by atoms with E-state index in [2.05, 4.69) is 30.8 Å². The van der Waals surface area contributed by atoms with E-state index in [-0.39, 0.29) is 0 Å². The molecule has 3 heteroatoms. The number of likely N-dealkylation sites (N-methyl/N-ethyl adjacent to an activating group) is 1. The molecule has 1 saturated carbocycles. The first-order valence-corrected chi connectivity index (χ1v) is 7.20. The van der Waals surface area contributed by atoms with Gasteiger partial charge < -0.3 is 15.5 Å². The van der Waals surface area contributed by atoms with Gasteiger partial charge in [0.25, 0.3) is 0 Å². The van der Waals surface area contributed by atoms with Crippen molar-refractivity contribution in [2.45, 2.75) is 32.2 Å². The monoisotopic (exact) mass is 239 g/mol. The molecule has 0 spiro atoms. The first-order chi connectivity index (χ1) is 8.11. The molecule has 100 valence electrons. The van der Waals surface area contributed by atoms with E-state index in [4.69, 9.17) is 5.73 Å². The molecule has 17 heavy (non-hydrogen) atoms. The lowest BCUT2D eigenvalue weighted by Crippen LogP contribution is -2.36. The Kier molecular flexibility index (Phi) is 4.45. The molecule has 0 aromatic rings. The smallest absolute Gasteiger partial charge is 0.0254 e. The van der Waals surface area contributed by atoms with Gasteiger partial charge in [-0.1, -0.05) is 13.3 Å². The quantitative estimate of drug-likeness (QED) is 0.801. The number of likely N-dealkylation sites (tertiary alicyclic amines) is 1. The molecule has 2 N–H and O–H groups in total. The van der Waals surface area contributed by atoms with Crippen LogP contribution in [0.25, 0.3) is 0 Å². The number of nitrogens with two attached hydrogens (primary N) is 1. The molecule has 3 nitrogen and oxygen atoms in total. The number of hydrogen-bond donors (Lipinski definition) is 1. The SMILES string of the molecule is CC1CN(CC2CCCC2CN)CC1N(C)C. The fraction of sp³-hybridized carbons (Fsp3) is 1.00. The highest BCUT2D eigenvalue weighted by molar-refractivity contribution is 4.89. The standard InChI is InChI=1S/C14H29N3/c1-11-8-17(10-14(11)16(2)3)9-13-6-4-5-12(13)7-15/h11-14H,4-10,15H2,1-3H3. The molecule has 0 aromatic carbocycles. The van der Waals surface area contributed by atoms with Crippen molar-refractivity contribution in [3.05, 3.63) is 0 Å². The van der Waals surface area contributed by atoms with Crippen molar-refractivity contribution in [1.82, 2.24) is 9.80 Å². The van der Waals surface area contributed by atoms with E-state index < -0.39 is 0 Å². The molecule has 0 bridgehead atoms. The number of hydrogen-bond acceptors (Lipinski definition) is 3. The summed E-state index contributed by atoms with van der Waals surface area (Å²) in [7, 11) is 4.42. The molecular formula is C14H29N3. The van der Waals surface area contributed by atoms with Crippen LogP contribution in [0.1, 0.15) is 26.2 Å². The Labute approximate surface area is 106 Å². The zero-order valence-electron chi connectivity index (χ0n) is 11.7. The van der Waals surface area contributed by atoms with Gasteiger partial charge in [0, 0.05) is 25.7 Å². The largest absolute Gasteiger partial charge is 0.330 e. The van der Waals surface area contributed by atoms with Crippen LogP contribution in [0.2, 0.25) is 0 Å². The number of rotatable bonds is 4. The third kappa shape index (κ3) is 3.01. The predicted octanol–water partition coefficient (Wildman–Crippen LogP) is 1.24. The lowest BCUT2D eigenvalue weighted by Gasteiger charge is -2.25. The molecule has 4 unspecified atom stereocenters. The Hall–Kier alpha value is -0.120. The molecule has 0 amide bonds. The van der Waals surface area contributed by atoms with Gasteiger partial charge in [-0.2, -0.15) is 0 Å². The summed E-state index contributed by atoms with van der Waals surface area (Å²) in [4.78, 5) is 5.06. The highest BCUT2D eigenvalue weighted by Gasteiger charge is 2.34. The summed E-state index contributed by atoms with van der Waals surface area (Å²) in [5, 5.41) is 0. The van der Waals surface area contributed by atoms with Crippen molar-refractivity contribution < 1.29 is 0 Å². The first kappa shape index (κ1) is 13.3. The minimum absolute atomic E-state index is 0.743. The van der Waals surface area contributed by atoms with Crippen molar-refractivity contribution in [3.63, 3.8) is 0 Å². The van der Waals surface area contributed by atoms with Crippen LogP contribution in [0, 0.1) is 17.8 Å². The Balaban J connectivity index is 1.84. The molecule has 2 aliphatic rings. The maximum absolute atomic E-state index is 5.87. The molecule has 2 rings (SSSR count). The van der Waals surface area contributed by atoms with E-state index in [1.165, 1.54) is 38.9 Å². The van der Waals surface area contributed by atoms with Gasteiger partial charge in [0.1, 0.15) is 0 Å². The predicted molar refractivity (Wildman–Crippen MR) is 73.0 cm³/mol. The molecule has 0 aromatic heterocycles. The third-order valence-electron chi connectivity index (χ3n) is 4.92. The van der Waals surface area contributed by atoms with E-state index >= 15 is 0 Å². The minimum atomic E-state index is 0.743. The summed E-state index contributed by atoms with van der Waals surface area (Å²) in [6.07, 6.45) is 4.16. The van der Waals surface area contributed by atoms with Crippen LogP contribution in [0.4, 0.5) is 0 Å². The third-order valence-corrected chi connectivity index (χ3v) is 4.92. The highest BCUT2D eigenvalue weighted by atomic mass is 15.2. The van der Waals surface area contributed by atoms with Gasteiger partial charge in [0.2, 0.25) is 0 Å². The van der Waals surface area contributed by atoms with Crippen LogP contribution >= 0.6 is 0 Å². The summed E-state index contributed by atoms with van der Waals surface area (Å²) in [5.41, 5.74) is 5.87. The number of nitrogens with zero attached hydrogens (tertiary/aromatic N) is 2. The second kappa shape index (κ2) is 5.68. The minimum Gasteiger partial charge on any atom is -0.330 e. The van der Waals surface area contributed by atoms with Crippen LogP contribution < -0.4 is 5.73 Å². The summed E-state index contributed by atoms with van der Waals surface area (Å²) in [6.45, 7) is 7.10. The van der Waals surface area contributed by atoms with E-state index in [1.807, 2.05) is 0 Å². The maximum Gasteiger partial charge on any atom is 0.0254 e. The second-order valence-electron chi connectivity index (χ2n) is 6.41. The van der Waals surface area contributed by atoms with Gasteiger partial charge >= 0.3 is 0 Å². The average molecular weight is 239 g/mol. The maximum atomic E-state index is 5.87. The Bertz CT molecular complexity index is 242. The van der Waals surface area contributed by atoms with Crippen LogP contribution in [-0.2, 0) is 0 Å². The van der Waals surface area contributed by atoms with Crippen molar-refractivity contribution in [1.29, 1.82) is 0 Å². The van der Waals surface area contributed by atoms with Crippen molar-refractivity contribution in [2.24, 2.45) is 23.5 Å². The van der Waals surface area contributed by atoms with Gasteiger partial charge in [-0.05, 0) is 51.2 Å². The van der Waals surface area contributed by atoms with Crippen LogP contribution in [0.15, 0.2) is 0 Å². The summed E-state index contributed by atoms with van der Waals surface area (Å²) in [5.74, 6) is 2.47. The first-order valence-electron chi connectivity index (χ1n) is 7.20. The summed E-state index contributed by atoms with van der Waals surface area (Å²) in [6, 6.07) is 0.743. The van der Waals surface area contributed by atoms with Gasteiger partial charge in [-0.3, -0.25) is 0 Å². The fourth-order valence-electron chi connectivity index (χ4n) is 3.87. The normalized spacial score (nSPS) is 39.4. The lowest BCUT2D eigenvalue weighted by atomic mass is 9.96. The molecular weight excluding hydrogens is 210 g/mol. The fourth-order valence-corrected chi connectivity index (χ4v) is 3.87. The van der Waals surface area contributed by atoms with E-state index in [1.54, 1.807) is 0 Å². The summed E-state index contributed by atoms with van der Waals surface area (Å²) < 4.78 is 0. The molecule has 1 aliphatic heterocycles. The van der Waals surface area contributed by atoms with Crippen molar-refractivity contribution >= 4 is 0 Å². The Morgan fingerprint density at radius 2 is 1.88 bits per heavy atom. The highest BCUT2D eigenvalue weighted by Crippen LogP contribution is 2.33. The Morgan fingerprint density at radius 1 is 1.18 bits per heavy atom. The van der Waals surface area contributed by atoms with E-state index in [9.17, 15) is 0 Å². The zero-order chi connectivity index (χ0) is 12.4. The van der Waals surface area contributed by atoms with E-state index in [0.717, 1.165) is 30.3 Å². The van der Waals surface area contributed by atoms with E-state index in [0.29, 0.717) is 0 Å². The zero-order valence-corrected chi connectivity index (χ0v) is 11.7. The average Bonchev–Trinajstić information content (AvgIpc) is 2.85. The lowest BCUT2D eigenvalue weighted by molar-refractivity contribution is 0.220. The van der Waals surface area contributed by atoms with Crippen LogP contribution in [0.5, 0.6) is 0 Å². The van der Waals surface area contributed by atoms with Crippen LogP contribution in [0.3, 0.4) is 0 Å². The molecule has 2 fully saturated rings. The molecule has 4 atom stereocenters. The molecule has 1 heterocycles. The van der Waals surface area contributed by atoms with Crippen molar-refractivity contribution in [2.75, 3.05) is 40.3 Å². The summed E-state index contributed by atoms with van der Waals surface area (Å²) >= 11 is 0. The molecule has 1 aliphatic carbocycles. The van der Waals surface area contributed by atoms with Gasteiger partial charge in [-0.25, -0.2) is 0 Å². The van der Waals surface area contributed by atoms with Crippen LogP contribution in [-0.4, -0.2) is 56.1 Å². The second-order valence-corrected chi connectivity index (χ2v) is 6.41. The topological polar surface area (TPSA) is 32.5 Å². The van der Waals surface area contributed by atoms with Gasteiger partial charge in [0.05, 0.1) is 0 Å².